The van der Waals surface area contributed by atoms with Crippen LogP contribution in [-0.4, -0.2) is 5.11 Å². The first kappa shape index (κ1) is 11.3. The minimum absolute atomic E-state index is 0.327. The molecule has 0 radical (unpaired) electrons. The predicted octanol–water partition coefficient (Wildman–Crippen LogP) is 4.24. The van der Waals surface area contributed by atoms with E-state index in [1.807, 2.05) is 17.5 Å². The summed E-state index contributed by atoms with van der Waals surface area (Å²) in [7, 11) is 0. The van der Waals surface area contributed by atoms with Gasteiger partial charge >= 0.3 is 0 Å². The molecule has 1 aromatic carbocycles. The Bertz CT molecular complexity index is 508. The predicted molar refractivity (Wildman–Crippen MR) is 71.6 cm³/mol. The number of halogens is 1. The van der Waals surface area contributed by atoms with Crippen molar-refractivity contribution in [1.29, 1.82) is 0 Å². The van der Waals surface area contributed by atoms with Gasteiger partial charge in [0, 0.05) is 0 Å². The Balaban J connectivity index is 1.75. The van der Waals surface area contributed by atoms with Gasteiger partial charge in [-0.2, -0.15) is 0 Å². The first-order valence-electron chi connectivity index (χ1n) is 5.73. The Morgan fingerprint density at radius 2 is 2.00 bits per heavy atom. The SMILES string of the molecule is OC(c1sccc1Cl)C1CC1c1ccccc1. The maximum Gasteiger partial charge on any atom is 0.0931 e. The topological polar surface area (TPSA) is 20.2 Å². The molecule has 88 valence electrons. The lowest BCUT2D eigenvalue weighted by Gasteiger charge is -2.09. The van der Waals surface area contributed by atoms with Crippen LogP contribution in [-0.2, 0) is 0 Å². The highest BCUT2D eigenvalue weighted by Gasteiger charge is 2.44. The van der Waals surface area contributed by atoms with Gasteiger partial charge in [0.1, 0.15) is 0 Å². The maximum absolute atomic E-state index is 10.3. The van der Waals surface area contributed by atoms with Crippen molar-refractivity contribution in [3.8, 4) is 0 Å². The van der Waals surface area contributed by atoms with Gasteiger partial charge in [0.25, 0.3) is 0 Å². The molecule has 0 saturated heterocycles. The molecule has 1 heterocycles. The van der Waals surface area contributed by atoms with E-state index in [4.69, 9.17) is 11.6 Å². The zero-order valence-corrected chi connectivity index (χ0v) is 10.8. The molecule has 1 fully saturated rings. The van der Waals surface area contributed by atoms with Crippen LogP contribution in [0.25, 0.3) is 0 Å². The fourth-order valence-corrected chi connectivity index (χ4v) is 3.59. The number of hydrogen-bond acceptors (Lipinski definition) is 2. The molecule has 1 saturated carbocycles. The molecule has 3 atom stereocenters. The molecule has 0 amide bonds. The average molecular weight is 265 g/mol. The van der Waals surface area contributed by atoms with Gasteiger partial charge in [-0.25, -0.2) is 0 Å². The van der Waals surface area contributed by atoms with E-state index < -0.39 is 6.10 Å². The number of hydrogen-bond donors (Lipinski definition) is 1. The number of aliphatic hydroxyl groups excluding tert-OH is 1. The molecule has 2 aromatic rings. The number of aliphatic hydroxyl groups is 1. The van der Waals surface area contributed by atoms with Crippen LogP contribution >= 0.6 is 22.9 Å². The molecule has 17 heavy (non-hydrogen) atoms. The highest BCUT2D eigenvalue weighted by atomic mass is 35.5. The maximum atomic E-state index is 10.3. The molecular weight excluding hydrogens is 252 g/mol. The highest BCUT2D eigenvalue weighted by molar-refractivity contribution is 7.10. The van der Waals surface area contributed by atoms with Crippen molar-refractivity contribution in [2.24, 2.45) is 5.92 Å². The summed E-state index contributed by atoms with van der Waals surface area (Å²) in [5.41, 5.74) is 1.32. The smallest absolute Gasteiger partial charge is 0.0931 e. The van der Waals surface area contributed by atoms with E-state index in [0.29, 0.717) is 16.9 Å². The summed E-state index contributed by atoms with van der Waals surface area (Å²) < 4.78 is 0. The van der Waals surface area contributed by atoms with Gasteiger partial charge in [-0.3, -0.25) is 0 Å². The first-order valence-corrected chi connectivity index (χ1v) is 6.99. The van der Waals surface area contributed by atoms with Crippen molar-refractivity contribution in [3.05, 3.63) is 57.2 Å². The number of rotatable bonds is 3. The second-order valence-electron chi connectivity index (χ2n) is 4.49. The van der Waals surface area contributed by atoms with Crippen LogP contribution in [0.5, 0.6) is 0 Å². The molecule has 1 nitrogen and oxygen atoms in total. The third-order valence-electron chi connectivity index (χ3n) is 3.39. The van der Waals surface area contributed by atoms with Crippen LogP contribution in [0.1, 0.15) is 28.9 Å². The van der Waals surface area contributed by atoms with Crippen LogP contribution in [0.4, 0.5) is 0 Å². The monoisotopic (exact) mass is 264 g/mol. The fraction of sp³-hybridized carbons (Fsp3) is 0.286. The minimum Gasteiger partial charge on any atom is -0.387 e. The van der Waals surface area contributed by atoms with Gasteiger partial charge in [-0.1, -0.05) is 41.9 Å². The van der Waals surface area contributed by atoms with Crippen LogP contribution in [0, 0.1) is 5.92 Å². The molecule has 1 N–H and O–H groups in total. The largest absolute Gasteiger partial charge is 0.387 e. The summed E-state index contributed by atoms with van der Waals surface area (Å²) in [5, 5.41) is 12.9. The average Bonchev–Trinajstić information content (AvgIpc) is 3.05. The molecule has 1 aliphatic rings. The Labute approximate surface area is 110 Å². The Morgan fingerprint density at radius 3 is 2.65 bits per heavy atom. The van der Waals surface area contributed by atoms with Crippen LogP contribution in [0.2, 0.25) is 5.02 Å². The molecule has 1 aromatic heterocycles. The third-order valence-corrected chi connectivity index (χ3v) is 4.82. The van der Waals surface area contributed by atoms with Gasteiger partial charge < -0.3 is 5.11 Å². The third kappa shape index (κ3) is 2.13. The fourth-order valence-electron chi connectivity index (χ4n) is 2.36. The van der Waals surface area contributed by atoms with Gasteiger partial charge in [0.2, 0.25) is 0 Å². The zero-order valence-electron chi connectivity index (χ0n) is 9.21. The molecular formula is C14H13ClOS. The Morgan fingerprint density at radius 1 is 1.24 bits per heavy atom. The number of thiophene rings is 1. The lowest BCUT2D eigenvalue weighted by Crippen LogP contribution is -1.99. The zero-order chi connectivity index (χ0) is 11.8. The summed E-state index contributed by atoms with van der Waals surface area (Å²) in [6.45, 7) is 0. The van der Waals surface area contributed by atoms with Crippen molar-refractivity contribution in [1.82, 2.24) is 0 Å². The van der Waals surface area contributed by atoms with E-state index in [2.05, 4.69) is 24.3 Å². The number of benzene rings is 1. The summed E-state index contributed by atoms with van der Waals surface area (Å²) >= 11 is 7.59. The van der Waals surface area contributed by atoms with Gasteiger partial charge in [-0.15, -0.1) is 11.3 Å². The van der Waals surface area contributed by atoms with E-state index in [0.717, 1.165) is 11.3 Å². The van der Waals surface area contributed by atoms with E-state index in [1.54, 1.807) is 11.3 Å². The van der Waals surface area contributed by atoms with Crippen LogP contribution < -0.4 is 0 Å². The van der Waals surface area contributed by atoms with E-state index in [1.165, 1.54) is 5.56 Å². The van der Waals surface area contributed by atoms with Crippen LogP contribution in [0.15, 0.2) is 41.8 Å². The van der Waals surface area contributed by atoms with Gasteiger partial charge in [-0.05, 0) is 35.3 Å². The summed E-state index contributed by atoms with van der Waals surface area (Å²) in [6, 6.07) is 12.2. The molecule has 0 aliphatic heterocycles. The Hall–Kier alpha value is -0.830. The first-order chi connectivity index (χ1) is 8.27. The van der Waals surface area contributed by atoms with Crippen molar-refractivity contribution in [3.63, 3.8) is 0 Å². The summed E-state index contributed by atoms with van der Waals surface area (Å²) in [4.78, 5) is 0.912. The summed E-state index contributed by atoms with van der Waals surface area (Å²) in [6.07, 6.45) is 0.645. The van der Waals surface area contributed by atoms with Crippen molar-refractivity contribution in [2.45, 2.75) is 18.4 Å². The highest BCUT2D eigenvalue weighted by Crippen LogP contribution is 2.55. The van der Waals surface area contributed by atoms with Crippen molar-refractivity contribution in [2.75, 3.05) is 0 Å². The van der Waals surface area contributed by atoms with E-state index >= 15 is 0 Å². The van der Waals surface area contributed by atoms with Crippen molar-refractivity contribution >= 4 is 22.9 Å². The molecule has 3 unspecified atom stereocenters. The van der Waals surface area contributed by atoms with Gasteiger partial charge in [0.15, 0.2) is 0 Å². The quantitative estimate of drug-likeness (QED) is 0.879. The summed E-state index contributed by atoms with van der Waals surface area (Å²) in [5.74, 6) is 0.818. The molecule has 0 bridgehead atoms. The lowest BCUT2D eigenvalue weighted by atomic mass is 10.1. The van der Waals surface area contributed by atoms with E-state index in [9.17, 15) is 5.11 Å². The standard InChI is InChI=1S/C14H13ClOS/c15-12-6-7-17-14(12)13(16)11-8-10(11)9-4-2-1-3-5-9/h1-7,10-11,13,16H,8H2. The molecule has 1 aliphatic carbocycles. The van der Waals surface area contributed by atoms with Crippen molar-refractivity contribution < 1.29 is 5.11 Å². The lowest BCUT2D eigenvalue weighted by molar-refractivity contribution is 0.155. The molecule has 0 spiro atoms. The Kier molecular flexibility index (Phi) is 2.95. The van der Waals surface area contributed by atoms with Gasteiger partial charge in [0.05, 0.1) is 16.0 Å². The molecule has 3 rings (SSSR count). The molecule has 3 heteroatoms. The van der Waals surface area contributed by atoms with E-state index in [-0.39, 0.29) is 0 Å². The minimum atomic E-state index is -0.410. The second kappa shape index (κ2) is 4.45. The normalized spacial score (nSPS) is 24.6. The second-order valence-corrected chi connectivity index (χ2v) is 5.85. The van der Waals surface area contributed by atoms with Crippen LogP contribution in [0.3, 0.4) is 0 Å².